The zero-order valence-corrected chi connectivity index (χ0v) is 10.4. The van der Waals surface area contributed by atoms with Crippen LogP contribution in [0.15, 0.2) is 18.2 Å². The Labute approximate surface area is 108 Å². The van der Waals surface area contributed by atoms with Gasteiger partial charge in [0, 0.05) is 13.0 Å². The molecule has 1 atom stereocenters. The Hall–Kier alpha value is -1.62. The van der Waals surface area contributed by atoms with Crippen LogP contribution < -0.4 is 4.90 Å². The normalized spacial score (nSPS) is 19.2. The van der Waals surface area contributed by atoms with Crippen LogP contribution in [0.1, 0.15) is 16.8 Å². The molecule has 1 aromatic rings. The number of rotatable bonds is 2. The number of amides is 1. The van der Waals surface area contributed by atoms with Gasteiger partial charge in [-0.2, -0.15) is 0 Å². The summed E-state index contributed by atoms with van der Waals surface area (Å²) in [6.07, 6.45) is 0.194. The van der Waals surface area contributed by atoms with Crippen molar-refractivity contribution in [1.29, 1.82) is 0 Å². The van der Waals surface area contributed by atoms with Gasteiger partial charge in [0.1, 0.15) is 5.82 Å². The maximum atomic E-state index is 13.9. The Morgan fingerprint density at radius 1 is 1.56 bits per heavy atom. The van der Waals surface area contributed by atoms with Crippen molar-refractivity contribution in [2.45, 2.75) is 11.8 Å². The monoisotopic (exact) mass is 271 g/mol. The van der Waals surface area contributed by atoms with Crippen molar-refractivity contribution in [1.82, 2.24) is 0 Å². The highest BCUT2D eigenvalue weighted by Gasteiger charge is 2.30. The Kier molecular flexibility index (Phi) is 3.52. The molecule has 2 rings (SSSR count). The van der Waals surface area contributed by atoms with Crippen LogP contribution in [0.25, 0.3) is 0 Å². The first-order chi connectivity index (χ1) is 8.52. The van der Waals surface area contributed by atoms with E-state index in [0.717, 1.165) is 6.07 Å². The summed E-state index contributed by atoms with van der Waals surface area (Å²) in [5.74, 6) is -1.49. The second-order valence-electron chi connectivity index (χ2n) is 3.96. The van der Waals surface area contributed by atoms with Gasteiger partial charge >= 0.3 is 5.97 Å². The Morgan fingerprint density at radius 2 is 2.28 bits per heavy atom. The predicted molar refractivity (Wildman–Crippen MR) is 64.4 cm³/mol. The molecular formula is C12H11ClFNO3. The van der Waals surface area contributed by atoms with E-state index in [9.17, 15) is 14.0 Å². The van der Waals surface area contributed by atoms with Gasteiger partial charge in [0.2, 0.25) is 5.91 Å². The van der Waals surface area contributed by atoms with Crippen LogP contribution in [0.5, 0.6) is 0 Å². The maximum absolute atomic E-state index is 13.9. The number of nitrogens with zero attached hydrogens (tertiary/aromatic N) is 1. The van der Waals surface area contributed by atoms with Gasteiger partial charge in [-0.3, -0.25) is 4.79 Å². The molecule has 6 heteroatoms. The maximum Gasteiger partial charge on any atom is 0.337 e. The molecule has 1 saturated heterocycles. The SMILES string of the molecule is COC(=O)c1ccc(N2CC(Cl)CC2=O)c(F)c1. The minimum Gasteiger partial charge on any atom is -0.465 e. The molecule has 1 aliphatic rings. The first-order valence-corrected chi connectivity index (χ1v) is 5.79. The van der Waals surface area contributed by atoms with Gasteiger partial charge in [-0.05, 0) is 18.2 Å². The number of ether oxygens (including phenoxy) is 1. The highest BCUT2D eigenvalue weighted by Crippen LogP contribution is 2.27. The largest absolute Gasteiger partial charge is 0.465 e. The molecule has 96 valence electrons. The topological polar surface area (TPSA) is 46.6 Å². The summed E-state index contributed by atoms with van der Waals surface area (Å²) in [6.45, 7) is 0.273. The van der Waals surface area contributed by atoms with Gasteiger partial charge in [0.25, 0.3) is 0 Å². The van der Waals surface area contributed by atoms with E-state index in [1.165, 1.54) is 24.1 Å². The van der Waals surface area contributed by atoms with Crippen LogP contribution in [0.2, 0.25) is 0 Å². The number of halogens is 2. The van der Waals surface area contributed by atoms with E-state index in [0.29, 0.717) is 0 Å². The third-order valence-corrected chi connectivity index (χ3v) is 3.03. The molecule has 1 aliphatic heterocycles. The Bertz CT molecular complexity index is 506. The number of carbonyl (C=O) groups excluding carboxylic acids is 2. The third kappa shape index (κ3) is 2.31. The predicted octanol–water partition coefficient (Wildman–Crippen LogP) is 1.96. The quantitative estimate of drug-likeness (QED) is 0.610. The van der Waals surface area contributed by atoms with Gasteiger partial charge in [0.15, 0.2) is 0 Å². The number of benzene rings is 1. The molecule has 0 N–H and O–H groups in total. The standard InChI is InChI=1S/C12H11ClFNO3/c1-18-12(17)7-2-3-10(9(14)4-7)15-6-8(13)5-11(15)16/h2-4,8H,5-6H2,1H3. The summed E-state index contributed by atoms with van der Waals surface area (Å²) in [6, 6.07) is 3.85. The third-order valence-electron chi connectivity index (χ3n) is 2.74. The molecule has 0 aliphatic carbocycles. The molecule has 1 aromatic carbocycles. The van der Waals surface area contributed by atoms with E-state index < -0.39 is 11.8 Å². The summed E-state index contributed by atoms with van der Waals surface area (Å²) in [5.41, 5.74) is 0.239. The number of esters is 1. The fourth-order valence-corrected chi connectivity index (χ4v) is 2.14. The van der Waals surface area contributed by atoms with E-state index in [1.54, 1.807) is 0 Å². The molecule has 1 heterocycles. The molecule has 4 nitrogen and oxygen atoms in total. The number of methoxy groups -OCH3 is 1. The van der Waals surface area contributed by atoms with Crippen LogP contribution in [-0.2, 0) is 9.53 Å². The van der Waals surface area contributed by atoms with E-state index in [4.69, 9.17) is 11.6 Å². The Morgan fingerprint density at radius 3 is 2.78 bits per heavy atom. The second-order valence-corrected chi connectivity index (χ2v) is 4.58. The van der Waals surface area contributed by atoms with Crippen molar-refractivity contribution in [3.05, 3.63) is 29.6 Å². The Balaban J connectivity index is 2.30. The van der Waals surface area contributed by atoms with E-state index in [-0.39, 0.29) is 35.5 Å². The zero-order chi connectivity index (χ0) is 13.3. The van der Waals surface area contributed by atoms with Crippen molar-refractivity contribution in [3.8, 4) is 0 Å². The van der Waals surface area contributed by atoms with Crippen LogP contribution in [-0.4, -0.2) is 30.9 Å². The molecule has 0 spiro atoms. The lowest BCUT2D eigenvalue weighted by molar-refractivity contribution is -0.117. The van der Waals surface area contributed by atoms with Gasteiger partial charge in [-0.15, -0.1) is 11.6 Å². The molecule has 1 amide bonds. The molecule has 0 saturated carbocycles. The molecule has 0 bridgehead atoms. The number of hydrogen-bond donors (Lipinski definition) is 0. The number of alkyl halides is 1. The minimum absolute atomic E-state index is 0.104. The average Bonchev–Trinajstić information content (AvgIpc) is 2.67. The zero-order valence-electron chi connectivity index (χ0n) is 9.65. The van der Waals surface area contributed by atoms with E-state index in [1.807, 2.05) is 0 Å². The summed E-state index contributed by atoms with van der Waals surface area (Å²) in [7, 11) is 1.22. The molecule has 1 unspecified atom stereocenters. The fraction of sp³-hybridized carbons (Fsp3) is 0.333. The second kappa shape index (κ2) is 4.94. The highest BCUT2D eigenvalue weighted by atomic mass is 35.5. The summed E-state index contributed by atoms with van der Waals surface area (Å²) in [4.78, 5) is 24.1. The van der Waals surface area contributed by atoms with Crippen molar-refractivity contribution in [2.75, 3.05) is 18.6 Å². The van der Waals surface area contributed by atoms with Crippen molar-refractivity contribution < 1.29 is 18.7 Å². The molecule has 0 radical (unpaired) electrons. The van der Waals surface area contributed by atoms with Gasteiger partial charge in [0.05, 0.1) is 23.7 Å². The lowest BCUT2D eigenvalue weighted by Crippen LogP contribution is -2.25. The first kappa shape index (κ1) is 12.8. The molecule has 0 aromatic heterocycles. The van der Waals surface area contributed by atoms with Crippen LogP contribution in [0, 0.1) is 5.82 Å². The minimum atomic E-state index is -0.642. The molecule has 18 heavy (non-hydrogen) atoms. The van der Waals surface area contributed by atoms with Crippen LogP contribution >= 0.6 is 11.6 Å². The lowest BCUT2D eigenvalue weighted by atomic mass is 10.2. The molecule has 1 fully saturated rings. The smallest absolute Gasteiger partial charge is 0.337 e. The van der Waals surface area contributed by atoms with Crippen molar-refractivity contribution >= 4 is 29.2 Å². The van der Waals surface area contributed by atoms with E-state index in [2.05, 4.69) is 4.74 Å². The number of carbonyl (C=O) groups is 2. The van der Waals surface area contributed by atoms with Crippen LogP contribution in [0.3, 0.4) is 0 Å². The lowest BCUT2D eigenvalue weighted by Gasteiger charge is -2.16. The molecular weight excluding hydrogens is 261 g/mol. The summed E-state index contributed by atoms with van der Waals surface area (Å²) < 4.78 is 18.3. The van der Waals surface area contributed by atoms with Gasteiger partial charge < -0.3 is 9.64 Å². The summed E-state index contributed by atoms with van der Waals surface area (Å²) >= 11 is 5.85. The first-order valence-electron chi connectivity index (χ1n) is 5.35. The van der Waals surface area contributed by atoms with E-state index >= 15 is 0 Å². The van der Waals surface area contributed by atoms with Crippen molar-refractivity contribution in [3.63, 3.8) is 0 Å². The average molecular weight is 272 g/mol. The fourth-order valence-electron chi connectivity index (χ4n) is 1.87. The van der Waals surface area contributed by atoms with Gasteiger partial charge in [-0.1, -0.05) is 0 Å². The van der Waals surface area contributed by atoms with Crippen molar-refractivity contribution in [2.24, 2.45) is 0 Å². The van der Waals surface area contributed by atoms with Gasteiger partial charge in [-0.25, -0.2) is 9.18 Å². The summed E-state index contributed by atoms with van der Waals surface area (Å²) in [5, 5.41) is -0.308. The number of hydrogen-bond acceptors (Lipinski definition) is 3. The highest BCUT2D eigenvalue weighted by molar-refractivity contribution is 6.24. The number of anilines is 1. The van der Waals surface area contributed by atoms with Crippen LogP contribution in [0.4, 0.5) is 10.1 Å².